The van der Waals surface area contributed by atoms with Gasteiger partial charge < -0.3 is 14.4 Å². The van der Waals surface area contributed by atoms with E-state index in [0.29, 0.717) is 37.7 Å². The quantitative estimate of drug-likeness (QED) is 0.634. The summed E-state index contributed by atoms with van der Waals surface area (Å²) >= 11 is 3.29. The van der Waals surface area contributed by atoms with Crippen molar-refractivity contribution in [2.75, 3.05) is 32.8 Å². The third kappa shape index (κ3) is 4.82. The van der Waals surface area contributed by atoms with Crippen molar-refractivity contribution in [3.05, 3.63) is 38.0 Å². The Hall–Kier alpha value is -1.61. The number of amides is 1. The maximum atomic E-state index is 13.0. The smallest absolute Gasteiger partial charge is 0.273 e. The Labute approximate surface area is 185 Å². The van der Waals surface area contributed by atoms with Gasteiger partial charge in [-0.15, -0.1) is 22.7 Å². The summed E-state index contributed by atoms with van der Waals surface area (Å²) in [6.45, 7) is 8.90. The number of ether oxygens (including phenoxy) is 1. The van der Waals surface area contributed by atoms with Gasteiger partial charge in [0.05, 0.1) is 23.8 Å². The van der Waals surface area contributed by atoms with Gasteiger partial charge in [-0.1, -0.05) is 13.8 Å². The van der Waals surface area contributed by atoms with Crippen LogP contribution in [-0.2, 0) is 22.5 Å². The first kappa shape index (κ1) is 21.6. The van der Waals surface area contributed by atoms with Crippen molar-refractivity contribution in [1.29, 1.82) is 0 Å². The normalized spacial score (nSPS) is 19.5. The zero-order valence-electron chi connectivity index (χ0n) is 17.6. The predicted molar refractivity (Wildman–Crippen MR) is 119 cm³/mol. The average molecular weight is 448 g/mol. The van der Waals surface area contributed by atoms with Crippen LogP contribution in [0.4, 0.5) is 0 Å². The van der Waals surface area contributed by atoms with Crippen LogP contribution in [0.15, 0.2) is 16.8 Å². The van der Waals surface area contributed by atoms with Gasteiger partial charge in [0, 0.05) is 48.8 Å². The van der Waals surface area contributed by atoms with Gasteiger partial charge in [-0.25, -0.2) is 4.98 Å². The summed E-state index contributed by atoms with van der Waals surface area (Å²) < 4.78 is 6.23. The fraction of sp³-hybridized carbons (Fsp3) is 0.591. The molecule has 0 aromatic carbocycles. The summed E-state index contributed by atoms with van der Waals surface area (Å²) in [5.74, 6) is 0.374. The number of carbonyl (C=O) groups excluding carboxylic acids is 2. The third-order valence-electron chi connectivity index (χ3n) is 5.94. The number of nitrogens with zero attached hydrogens (tertiary/aromatic N) is 3. The lowest BCUT2D eigenvalue weighted by atomic mass is 9.89. The predicted octanol–water partition coefficient (Wildman–Crippen LogP) is 3.58. The zero-order valence-corrected chi connectivity index (χ0v) is 19.3. The molecule has 0 aliphatic carbocycles. The van der Waals surface area contributed by atoms with Crippen molar-refractivity contribution < 1.29 is 14.3 Å². The number of thiophene rings is 1. The number of aromatic nitrogens is 1. The van der Waals surface area contributed by atoms with Gasteiger partial charge in [-0.05, 0) is 29.9 Å². The minimum Gasteiger partial charge on any atom is -0.371 e. The Morgan fingerprint density at radius 1 is 1.27 bits per heavy atom. The highest BCUT2D eigenvalue weighted by atomic mass is 32.1. The Kier molecular flexibility index (Phi) is 6.67. The maximum absolute atomic E-state index is 13.0. The molecule has 2 aliphatic rings. The monoisotopic (exact) mass is 447 g/mol. The van der Waals surface area contributed by atoms with Crippen molar-refractivity contribution in [3.8, 4) is 0 Å². The van der Waals surface area contributed by atoms with Crippen LogP contribution in [0.2, 0.25) is 0 Å². The highest BCUT2D eigenvalue weighted by Crippen LogP contribution is 2.32. The van der Waals surface area contributed by atoms with Crippen molar-refractivity contribution in [1.82, 2.24) is 14.8 Å². The van der Waals surface area contributed by atoms with E-state index in [1.54, 1.807) is 22.7 Å². The van der Waals surface area contributed by atoms with Crippen LogP contribution in [0.25, 0.3) is 0 Å². The SMILES string of the molecule is CC(C)c1nc(C(=O)N2CCOC3(CCN(Cc4cc(CC=O)cs4)CC3)C2)cs1. The summed E-state index contributed by atoms with van der Waals surface area (Å²) in [4.78, 5) is 33.9. The number of morpholine rings is 1. The number of rotatable bonds is 6. The molecule has 1 amide bonds. The van der Waals surface area contributed by atoms with Gasteiger partial charge in [-0.2, -0.15) is 0 Å². The molecule has 2 aromatic rings. The van der Waals surface area contributed by atoms with Crippen LogP contribution in [0, 0.1) is 0 Å². The highest BCUT2D eigenvalue weighted by molar-refractivity contribution is 7.10. The molecule has 0 bridgehead atoms. The van der Waals surface area contributed by atoms with Crippen molar-refractivity contribution >= 4 is 34.9 Å². The third-order valence-corrected chi connectivity index (χ3v) is 8.06. The molecule has 2 aliphatic heterocycles. The van der Waals surface area contributed by atoms with Crippen molar-refractivity contribution in [2.45, 2.75) is 51.2 Å². The second-order valence-corrected chi connectivity index (χ2v) is 10.4. The molecule has 6 nitrogen and oxygen atoms in total. The van der Waals surface area contributed by atoms with E-state index in [4.69, 9.17) is 4.74 Å². The summed E-state index contributed by atoms with van der Waals surface area (Å²) in [5.41, 5.74) is 1.44. The molecule has 0 radical (unpaired) electrons. The van der Waals surface area contributed by atoms with Crippen molar-refractivity contribution in [3.63, 3.8) is 0 Å². The topological polar surface area (TPSA) is 62.7 Å². The van der Waals surface area contributed by atoms with Crippen molar-refractivity contribution in [2.24, 2.45) is 0 Å². The van der Waals surface area contributed by atoms with Gasteiger partial charge >= 0.3 is 0 Å². The minimum absolute atomic E-state index is 0.0320. The lowest BCUT2D eigenvalue weighted by Crippen LogP contribution is -2.57. The maximum Gasteiger partial charge on any atom is 0.273 e. The number of aldehydes is 1. The Balaban J connectivity index is 1.33. The van der Waals surface area contributed by atoms with E-state index in [1.165, 1.54) is 4.88 Å². The molecule has 0 saturated carbocycles. The first-order valence-corrected chi connectivity index (χ1v) is 12.3. The Bertz CT molecular complexity index is 884. The molecule has 1 spiro atoms. The van der Waals surface area contributed by atoms with Gasteiger partial charge in [0.1, 0.15) is 12.0 Å². The van der Waals surface area contributed by atoms with Crippen LogP contribution >= 0.6 is 22.7 Å². The summed E-state index contributed by atoms with van der Waals surface area (Å²) in [7, 11) is 0. The molecule has 8 heteroatoms. The van der Waals surface area contributed by atoms with E-state index in [0.717, 1.165) is 49.3 Å². The molecular weight excluding hydrogens is 418 g/mol. The number of likely N-dealkylation sites (tertiary alicyclic amines) is 1. The number of piperidine rings is 1. The number of hydrogen-bond acceptors (Lipinski definition) is 7. The minimum atomic E-state index is -0.237. The van der Waals surface area contributed by atoms with E-state index < -0.39 is 0 Å². The van der Waals surface area contributed by atoms with Gasteiger partial charge in [0.15, 0.2) is 0 Å². The van der Waals surface area contributed by atoms with E-state index in [-0.39, 0.29) is 11.5 Å². The summed E-state index contributed by atoms with van der Waals surface area (Å²) in [6.07, 6.45) is 3.31. The van der Waals surface area contributed by atoms with Crippen LogP contribution in [0.3, 0.4) is 0 Å². The highest BCUT2D eigenvalue weighted by Gasteiger charge is 2.41. The second kappa shape index (κ2) is 9.26. The Morgan fingerprint density at radius 2 is 2.07 bits per heavy atom. The first-order valence-electron chi connectivity index (χ1n) is 10.6. The van der Waals surface area contributed by atoms with Crippen LogP contribution < -0.4 is 0 Å². The molecular formula is C22H29N3O3S2. The number of carbonyl (C=O) groups is 2. The van der Waals surface area contributed by atoms with E-state index in [9.17, 15) is 9.59 Å². The van der Waals surface area contributed by atoms with Crippen LogP contribution in [-0.4, -0.2) is 65.4 Å². The molecule has 4 rings (SSSR count). The molecule has 4 heterocycles. The standard InChI is InChI=1S/C22H29N3O3S2/c1-16(2)20-23-19(14-30-20)21(27)25-8-10-28-22(15-25)4-6-24(7-5-22)12-18-11-17(3-9-26)13-29-18/h9,11,13-14,16H,3-8,10,12,15H2,1-2H3. The Morgan fingerprint density at radius 3 is 2.77 bits per heavy atom. The fourth-order valence-electron chi connectivity index (χ4n) is 4.19. The zero-order chi connectivity index (χ0) is 21.1. The first-order chi connectivity index (χ1) is 14.5. The molecule has 30 heavy (non-hydrogen) atoms. The second-order valence-electron chi connectivity index (χ2n) is 8.55. The molecule has 0 atom stereocenters. The largest absolute Gasteiger partial charge is 0.371 e. The molecule has 2 fully saturated rings. The molecule has 162 valence electrons. The lowest BCUT2D eigenvalue weighted by Gasteiger charge is -2.47. The summed E-state index contributed by atoms with van der Waals surface area (Å²) in [5, 5.41) is 4.98. The van der Waals surface area contributed by atoms with E-state index >= 15 is 0 Å². The van der Waals surface area contributed by atoms with E-state index in [2.05, 4.69) is 35.2 Å². The molecule has 0 N–H and O–H groups in total. The molecule has 2 saturated heterocycles. The molecule has 2 aromatic heterocycles. The van der Waals surface area contributed by atoms with Gasteiger partial charge in [-0.3, -0.25) is 9.69 Å². The molecule has 0 unspecified atom stereocenters. The lowest BCUT2D eigenvalue weighted by molar-refractivity contribution is -0.127. The van der Waals surface area contributed by atoms with Crippen LogP contribution in [0.1, 0.15) is 58.5 Å². The van der Waals surface area contributed by atoms with Gasteiger partial charge in [0.25, 0.3) is 5.91 Å². The fourth-order valence-corrected chi connectivity index (χ4v) is 5.94. The number of thiazole rings is 1. The average Bonchev–Trinajstić information content (AvgIpc) is 3.40. The van der Waals surface area contributed by atoms with Crippen LogP contribution in [0.5, 0.6) is 0 Å². The van der Waals surface area contributed by atoms with E-state index in [1.807, 2.05) is 10.3 Å². The number of hydrogen-bond donors (Lipinski definition) is 0. The van der Waals surface area contributed by atoms with Gasteiger partial charge in [0.2, 0.25) is 0 Å². The summed E-state index contributed by atoms with van der Waals surface area (Å²) in [6, 6.07) is 2.14.